The predicted molar refractivity (Wildman–Crippen MR) is 67.0 cm³/mol. The van der Waals surface area contributed by atoms with Crippen LogP contribution in [0.3, 0.4) is 0 Å². The molecule has 2 amide bonds. The minimum absolute atomic E-state index is 0.0236. The molecule has 0 spiro atoms. The van der Waals surface area contributed by atoms with E-state index in [1.54, 1.807) is 0 Å². The van der Waals surface area contributed by atoms with Crippen molar-refractivity contribution in [2.24, 2.45) is 0 Å². The lowest BCUT2D eigenvalue weighted by Gasteiger charge is -2.21. The van der Waals surface area contributed by atoms with Crippen LogP contribution in [0.1, 0.15) is 13.8 Å². The SMILES string of the molecule is CC(C)(NC(=O)Nc1cccc(OC(F)(F)F)c1)C(=O)O. The Labute approximate surface area is 117 Å². The molecule has 1 aromatic rings. The van der Waals surface area contributed by atoms with E-state index < -0.39 is 29.7 Å². The smallest absolute Gasteiger partial charge is 0.480 e. The normalized spacial score (nSPS) is 11.7. The summed E-state index contributed by atoms with van der Waals surface area (Å²) in [5.74, 6) is -1.76. The van der Waals surface area contributed by atoms with E-state index in [1.165, 1.54) is 26.0 Å². The number of urea groups is 1. The number of ether oxygens (including phenoxy) is 1. The summed E-state index contributed by atoms with van der Waals surface area (Å²) in [7, 11) is 0. The van der Waals surface area contributed by atoms with Crippen molar-refractivity contribution in [2.75, 3.05) is 5.32 Å². The number of carboxylic acids is 1. The van der Waals surface area contributed by atoms with E-state index in [1.807, 2.05) is 0 Å². The van der Waals surface area contributed by atoms with Crippen molar-refractivity contribution in [3.8, 4) is 5.75 Å². The van der Waals surface area contributed by atoms with Crippen LogP contribution >= 0.6 is 0 Å². The number of nitrogens with one attached hydrogen (secondary N) is 2. The maximum absolute atomic E-state index is 12.1. The molecule has 0 radical (unpaired) electrons. The minimum atomic E-state index is -4.84. The second kappa shape index (κ2) is 5.90. The lowest BCUT2D eigenvalue weighted by molar-refractivity contribution is -0.274. The first-order valence-corrected chi connectivity index (χ1v) is 5.68. The molecular formula is C12H13F3N2O4. The first-order valence-electron chi connectivity index (χ1n) is 5.68. The van der Waals surface area contributed by atoms with Crippen molar-refractivity contribution in [1.29, 1.82) is 0 Å². The molecule has 0 fully saturated rings. The Morgan fingerprint density at radius 3 is 2.38 bits per heavy atom. The summed E-state index contributed by atoms with van der Waals surface area (Å²) < 4.78 is 39.9. The highest BCUT2D eigenvalue weighted by molar-refractivity contribution is 5.93. The Hall–Kier alpha value is -2.45. The summed E-state index contributed by atoms with van der Waals surface area (Å²) in [5.41, 5.74) is -1.50. The first kappa shape index (κ1) is 16.6. The second-order valence-corrected chi connectivity index (χ2v) is 4.58. The van der Waals surface area contributed by atoms with E-state index in [0.29, 0.717) is 0 Å². The van der Waals surface area contributed by atoms with Crippen molar-refractivity contribution < 1.29 is 32.6 Å². The summed E-state index contributed by atoms with van der Waals surface area (Å²) in [4.78, 5) is 22.4. The van der Waals surface area contributed by atoms with Crippen LogP contribution in [0.4, 0.5) is 23.7 Å². The number of hydrogen-bond acceptors (Lipinski definition) is 3. The molecule has 0 unspecified atom stereocenters. The molecule has 0 saturated heterocycles. The molecule has 21 heavy (non-hydrogen) atoms. The van der Waals surface area contributed by atoms with Gasteiger partial charge in [0.15, 0.2) is 0 Å². The van der Waals surface area contributed by atoms with Gasteiger partial charge in [0, 0.05) is 11.8 Å². The van der Waals surface area contributed by atoms with Gasteiger partial charge in [-0.2, -0.15) is 0 Å². The standard InChI is InChI=1S/C12H13F3N2O4/c1-11(2,9(18)19)17-10(20)16-7-4-3-5-8(6-7)21-12(13,14)15/h3-6H,1-2H3,(H,18,19)(H2,16,17,20). The Balaban J connectivity index is 2.73. The van der Waals surface area contributed by atoms with Gasteiger partial charge in [-0.3, -0.25) is 0 Å². The molecule has 0 bridgehead atoms. The summed E-state index contributed by atoms with van der Waals surface area (Å²) in [6.07, 6.45) is -4.84. The molecule has 6 nitrogen and oxygen atoms in total. The fourth-order valence-corrected chi connectivity index (χ4v) is 1.27. The average molecular weight is 306 g/mol. The second-order valence-electron chi connectivity index (χ2n) is 4.58. The van der Waals surface area contributed by atoms with Crippen LogP contribution in [0, 0.1) is 0 Å². The van der Waals surface area contributed by atoms with Crippen molar-refractivity contribution in [1.82, 2.24) is 5.32 Å². The van der Waals surface area contributed by atoms with Gasteiger partial charge in [-0.05, 0) is 26.0 Å². The summed E-state index contributed by atoms with van der Waals surface area (Å²) >= 11 is 0. The molecule has 9 heteroatoms. The van der Waals surface area contributed by atoms with Crippen molar-refractivity contribution in [2.45, 2.75) is 25.7 Å². The number of carbonyl (C=O) groups excluding carboxylic acids is 1. The highest BCUT2D eigenvalue weighted by Gasteiger charge is 2.31. The number of hydrogen-bond donors (Lipinski definition) is 3. The monoisotopic (exact) mass is 306 g/mol. The third-order valence-corrected chi connectivity index (χ3v) is 2.29. The van der Waals surface area contributed by atoms with Gasteiger partial charge in [-0.15, -0.1) is 13.2 Å². The van der Waals surface area contributed by atoms with E-state index in [4.69, 9.17) is 5.11 Å². The molecule has 1 aromatic carbocycles. The van der Waals surface area contributed by atoms with Gasteiger partial charge in [-0.25, -0.2) is 9.59 Å². The van der Waals surface area contributed by atoms with Gasteiger partial charge in [0.1, 0.15) is 11.3 Å². The van der Waals surface area contributed by atoms with Crippen molar-refractivity contribution in [3.05, 3.63) is 24.3 Å². The van der Waals surface area contributed by atoms with Gasteiger partial charge in [0.2, 0.25) is 0 Å². The quantitative estimate of drug-likeness (QED) is 0.798. The molecule has 0 aliphatic carbocycles. The van der Waals surface area contributed by atoms with Gasteiger partial charge in [0.25, 0.3) is 0 Å². The van der Waals surface area contributed by atoms with Crippen molar-refractivity contribution >= 4 is 17.7 Å². The summed E-state index contributed by atoms with van der Waals surface area (Å²) in [5, 5.41) is 13.2. The molecule has 0 aromatic heterocycles. The first-order chi connectivity index (χ1) is 9.49. The number of anilines is 1. The Bertz CT molecular complexity index is 544. The van der Waals surface area contributed by atoms with Crippen LogP contribution in [0.5, 0.6) is 5.75 Å². The molecule has 3 N–H and O–H groups in total. The van der Waals surface area contributed by atoms with E-state index in [-0.39, 0.29) is 5.69 Å². The molecule has 0 aliphatic heterocycles. The zero-order valence-corrected chi connectivity index (χ0v) is 11.1. The van der Waals surface area contributed by atoms with Crippen LogP contribution in [0.25, 0.3) is 0 Å². The fourth-order valence-electron chi connectivity index (χ4n) is 1.27. The van der Waals surface area contributed by atoms with Gasteiger partial charge in [0.05, 0.1) is 0 Å². The number of carboxylic acid groups (broad SMARTS) is 1. The van der Waals surface area contributed by atoms with E-state index in [2.05, 4.69) is 15.4 Å². The lowest BCUT2D eigenvalue weighted by Crippen LogP contribution is -2.51. The van der Waals surface area contributed by atoms with Crippen LogP contribution in [0.2, 0.25) is 0 Å². The number of carbonyl (C=O) groups is 2. The molecule has 0 saturated carbocycles. The van der Waals surface area contributed by atoms with Crippen molar-refractivity contribution in [3.63, 3.8) is 0 Å². The van der Waals surface area contributed by atoms with Gasteiger partial charge in [-0.1, -0.05) is 6.07 Å². The highest BCUT2D eigenvalue weighted by Crippen LogP contribution is 2.25. The zero-order valence-electron chi connectivity index (χ0n) is 11.1. The molecule has 0 aliphatic rings. The largest absolute Gasteiger partial charge is 0.573 e. The maximum Gasteiger partial charge on any atom is 0.573 e. The molecule has 116 valence electrons. The predicted octanol–water partition coefficient (Wildman–Crippen LogP) is 2.57. The van der Waals surface area contributed by atoms with E-state index in [9.17, 15) is 22.8 Å². The number of amides is 2. The average Bonchev–Trinajstić information content (AvgIpc) is 2.25. The van der Waals surface area contributed by atoms with Gasteiger partial charge >= 0.3 is 18.4 Å². The van der Waals surface area contributed by atoms with Crippen LogP contribution in [0.15, 0.2) is 24.3 Å². The number of rotatable bonds is 4. The topological polar surface area (TPSA) is 87.7 Å². The number of benzene rings is 1. The maximum atomic E-state index is 12.1. The number of aliphatic carboxylic acids is 1. The minimum Gasteiger partial charge on any atom is -0.480 e. The Kier molecular flexibility index (Phi) is 4.66. The van der Waals surface area contributed by atoms with E-state index in [0.717, 1.165) is 12.1 Å². The highest BCUT2D eigenvalue weighted by atomic mass is 19.4. The zero-order chi connectivity index (χ0) is 16.3. The number of alkyl halides is 3. The summed E-state index contributed by atoms with van der Waals surface area (Å²) in [6.45, 7) is 2.52. The van der Waals surface area contributed by atoms with E-state index >= 15 is 0 Å². The van der Waals surface area contributed by atoms with Crippen LogP contribution < -0.4 is 15.4 Å². The Morgan fingerprint density at radius 1 is 1.24 bits per heavy atom. The number of halogens is 3. The van der Waals surface area contributed by atoms with Crippen LogP contribution in [-0.2, 0) is 4.79 Å². The molecule has 1 rings (SSSR count). The summed E-state index contributed by atoms with van der Waals surface area (Å²) in [6, 6.07) is 3.74. The molecular weight excluding hydrogens is 293 g/mol. The third kappa shape index (κ3) is 5.59. The molecule has 0 heterocycles. The fraction of sp³-hybridized carbons (Fsp3) is 0.333. The van der Waals surface area contributed by atoms with Gasteiger partial charge < -0.3 is 20.5 Å². The molecule has 0 atom stereocenters. The van der Waals surface area contributed by atoms with Crippen LogP contribution in [-0.4, -0.2) is 29.0 Å². The Morgan fingerprint density at radius 2 is 1.86 bits per heavy atom. The third-order valence-electron chi connectivity index (χ3n) is 2.29. The lowest BCUT2D eigenvalue weighted by atomic mass is 10.1.